The van der Waals surface area contributed by atoms with Crippen LogP contribution in [0.4, 0.5) is 13.2 Å². The summed E-state index contributed by atoms with van der Waals surface area (Å²) in [6, 6.07) is 0. The molecule has 2 aliphatic rings. The van der Waals surface area contributed by atoms with Gasteiger partial charge in [0.2, 0.25) is 0 Å². The SMILES string of the molecule is C[S+](C1CCCC1)C1CCCCC1=O.O=S(=O)([O-])C(F)(F)F. The summed E-state index contributed by atoms with van der Waals surface area (Å²) in [6.45, 7) is 0. The lowest BCUT2D eigenvalue weighted by Gasteiger charge is -2.22. The molecule has 9 heteroatoms. The first-order valence-electron chi connectivity index (χ1n) is 7.22. The van der Waals surface area contributed by atoms with Gasteiger partial charge in [0, 0.05) is 12.8 Å². The van der Waals surface area contributed by atoms with E-state index < -0.39 is 15.6 Å². The van der Waals surface area contributed by atoms with Gasteiger partial charge in [-0.1, -0.05) is 0 Å². The summed E-state index contributed by atoms with van der Waals surface area (Å²) in [7, 11) is -5.70. The van der Waals surface area contributed by atoms with Crippen molar-refractivity contribution in [2.24, 2.45) is 0 Å². The molecule has 2 atom stereocenters. The summed E-state index contributed by atoms with van der Waals surface area (Å²) in [5.41, 5.74) is -5.65. The molecule has 0 aromatic carbocycles. The van der Waals surface area contributed by atoms with Crippen LogP contribution in [0.1, 0.15) is 51.4 Å². The van der Waals surface area contributed by atoms with E-state index in [-0.39, 0.29) is 0 Å². The molecular weight excluding hydrogens is 341 g/mol. The fourth-order valence-corrected chi connectivity index (χ4v) is 5.45. The minimum Gasteiger partial charge on any atom is -0.741 e. The van der Waals surface area contributed by atoms with Gasteiger partial charge in [-0.3, -0.25) is 4.79 Å². The molecule has 0 radical (unpaired) electrons. The van der Waals surface area contributed by atoms with Gasteiger partial charge in [0.05, 0.1) is 6.26 Å². The average Bonchev–Trinajstić information content (AvgIpc) is 2.90. The lowest BCUT2D eigenvalue weighted by Crippen LogP contribution is -2.37. The second-order valence-corrected chi connectivity index (χ2v) is 9.44. The molecule has 22 heavy (non-hydrogen) atoms. The van der Waals surface area contributed by atoms with Crippen molar-refractivity contribution in [3.63, 3.8) is 0 Å². The Morgan fingerprint density at radius 3 is 1.95 bits per heavy atom. The molecule has 2 aliphatic carbocycles. The Morgan fingerprint density at radius 2 is 1.55 bits per heavy atom. The molecule has 2 fully saturated rings. The van der Waals surface area contributed by atoms with Crippen LogP contribution in [0, 0.1) is 0 Å². The Bertz CT molecular complexity index is 470. The maximum absolute atomic E-state index is 11.8. The van der Waals surface area contributed by atoms with Crippen LogP contribution in [0.2, 0.25) is 0 Å². The summed E-state index contributed by atoms with van der Waals surface area (Å²) < 4.78 is 58.9. The molecule has 4 nitrogen and oxygen atoms in total. The first-order chi connectivity index (χ1) is 10.0. The molecule has 2 rings (SSSR count). The molecule has 0 aromatic heterocycles. The van der Waals surface area contributed by atoms with Crippen molar-refractivity contribution in [3.05, 3.63) is 0 Å². The Kier molecular flexibility index (Phi) is 7.20. The molecule has 0 heterocycles. The van der Waals surface area contributed by atoms with Gasteiger partial charge in [-0.25, -0.2) is 8.42 Å². The monoisotopic (exact) mass is 362 g/mol. The zero-order valence-electron chi connectivity index (χ0n) is 12.4. The number of hydrogen-bond donors (Lipinski definition) is 0. The molecular formula is C13H21F3O4S2. The third-order valence-electron chi connectivity index (χ3n) is 4.06. The highest BCUT2D eigenvalue weighted by Gasteiger charge is 2.41. The highest BCUT2D eigenvalue weighted by molar-refractivity contribution is 7.98. The van der Waals surface area contributed by atoms with Crippen LogP contribution in [-0.2, 0) is 25.8 Å². The van der Waals surface area contributed by atoms with Crippen molar-refractivity contribution in [1.82, 2.24) is 0 Å². The third kappa shape index (κ3) is 5.73. The fraction of sp³-hybridized carbons (Fsp3) is 0.923. The molecule has 0 N–H and O–H groups in total. The Labute approximate surface area is 131 Å². The second-order valence-electron chi connectivity index (χ2n) is 5.61. The first kappa shape index (κ1) is 19.8. The number of halogens is 3. The van der Waals surface area contributed by atoms with E-state index in [9.17, 15) is 18.0 Å². The highest BCUT2D eigenvalue weighted by Crippen LogP contribution is 2.32. The fourth-order valence-electron chi connectivity index (χ4n) is 2.84. The predicted octanol–water partition coefficient (Wildman–Crippen LogP) is 2.74. The number of Topliss-reactive ketones (excluding diaryl/α,β-unsaturated/α-hetero) is 1. The van der Waals surface area contributed by atoms with E-state index in [0.717, 1.165) is 18.1 Å². The zero-order chi connectivity index (χ0) is 17.0. The predicted molar refractivity (Wildman–Crippen MR) is 78.6 cm³/mol. The van der Waals surface area contributed by atoms with Crippen molar-refractivity contribution >= 4 is 26.8 Å². The van der Waals surface area contributed by atoms with Crippen LogP contribution in [0.3, 0.4) is 0 Å². The third-order valence-corrected chi connectivity index (χ3v) is 7.54. The summed E-state index contributed by atoms with van der Waals surface area (Å²) in [4.78, 5) is 11.8. The lowest BCUT2D eigenvalue weighted by molar-refractivity contribution is -0.119. The van der Waals surface area contributed by atoms with Crippen molar-refractivity contribution in [2.45, 2.75) is 67.4 Å². The van der Waals surface area contributed by atoms with E-state index in [1.54, 1.807) is 0 Å². The molecule has 0 aliphatic heterocycles. The largest absolute Gasteiger partial charge is 0.741 e. The summed E-state index contributed by atoms with van der Waals surface area (Å²) in [5, 5.41) is 1.34. The topological polar surface area (TPSA) is 74.3 Å². The van der Waals surface area contributed by atoms with Gasteiger partial charge in [-0.05, 0) is 49.4 Å². The summed E-state index contributed by atoms with van der Waals surface area (Å²) in [6.07, 6.45) is 12.4. The van der Waals surface area contributed by atoms with E-state index in [0.29, 0.717) is 21.9 Å². The van der Waals surface area contributed by atoms with Gasteiger partial charge in [0.1, 0.15) is 5.25 Å². The molecule has 0 amide bonds. The van der Waals surface area contributed by atoms with Gasteiger partial charge in [0.25, 0.3) is 0 Å². The summed E-state index contributed by atoms with van der Waals surface area (Å²) in [5.74, 6) is 0.578. The van der Waals surface area contributed by atoms with Gasteiger partial charge in [-0.15, -0.1) is 0 Å². The standard InChI is InChI=1S/C12H21OS.CHF3O3S/c1-14(10-6-2-3-7-10)12-9-5-4-8-11(12)13;2-1(3,4)8(5,6)7/h10,12H,2-9H2,1H3;(H,5,6,7)/q+1;/p-1. The van der Waals surface area contributed by atoms with E-state index >= 15 is 0 Å². The van der Waals surface area contributed by atoms with E-state index in [2.05, 4.69) is 6.26 Å². The van der Waals surface area contributed by atoms with Crippen molar-refractivity contribution in [2.75, 3.05) is 6.26 Å². The van der Waals surface area contributed by atoms with Crippen LogP contribution in [0.5, 0.6) is 0 Å². The number of ketones is 1. The van der Waals surface area contributed by atoms with Crippen LogP contribution >= 0.6 is 0 Å². The van der Waals surface area contributed by atoms with Crippen molar-refractivity contribution in [3.8, 4) is 0 Å². The Hall–Kier alpha value is -0.280. The number of hydrogen-bond acceptors (Lipinski definition) is 4. The molecule has 130 valence electrons. The van der Waals surface area contributed by atoms with Gasteiger partial charge in [0.15, 0.2) is 21.2 Å². The summed E-state index contributed by atoms with van der Waals surface area (Å²) >= 11 is 0. The van der Waals surface area contributed by atoms with Crippen LogP contribution in [0.15, 0.2) is 0 Å². The molecule has 0 aromatic rings. The number of rotatable bonds is 2. The minimum absolute atomic E-state index is 0.389. The zero-order valence-corrected chi connectivity index (χ0v) is 14.0. The van der Waals surface area contributed by atoms with Gasteiger partial charge >= 0.3 is 5.51 Å². The smallest absolute Gasteiger partial charge is 0.485 e. The maximum Gasteiger partial charge on any atom is 0.485 e. The number of alkyl halides is 3. The van der Waals surface area contributed by atoms with Crippen LogP contribution in [-0.4, -0.2) is 41.0 Å². The molecule has 0 spiro atoms. The second kappa shape index (κ2) is 8.01. The van der Waals surface area contributed by atoms with Crippen LogP contribution in [0.25, 0.3) is 0 Å². The molecule has 2 saturated carbocycles. The minimum atomic E-state index is -6.09. The molecule has 2 unspecified atom stereocenters. The van der Waals surface area contributed by atoms with Gasteiger partial charge in [-0.2, -0.15) is 13.2 Å². The first-order valence-corrected chi connectivity index (χ1v) is 10.4. The van der Waals surface area contributed by atoms with Crippen molar-refractivity contribution < 1.29 is 30.9 Å². The van der Waals surface area contributed by atoms with Crippen molar-refractivity contribution in [1.29, 1.82) is 0 Å². The maximum atomic E-state index is 11.8. The van der Waals surface area contributed by atoms with Gasteiger partial charge < -0.3 is 4.55 Å². The van der Waals surface area contributed by atoms with E-state index in [4.69, 9.17) is 13.0 Å². The lowest BCUT2D eigenvalue weighted by atomic mass is 9.99. The molecule has 0 saturated heterocycles. The quantitative estimate of drug-likeness (QED) is 0.430. The van der Waals surface area contributed by atoms with E-state index in [1.165, 1.54) is 38.5 Å². The Balaban J connectivity index is 0.000000261. The normalized spacial score (nSPS) is 25.5. The number of carbonyl (C=O) groups excluding carboxylic acids is 1. The number of carbonyl (C=O) groups is 1. The highest BCUT2D eigenvalue weighted by atomic mass is 32.2. The van der Waals surface area contributed by atoms with Crippen LogP contribution < -0.4 is 0 Å². The molecule has 0 bridgehead atoms. The van der Waals surface area contributed by atoms with E-state index in [1.807, 2.05) is 0 Å². The average molecular weight is 362 g/mol. The Morgan fingerprint density at radius 1 is 1.09 bits per heavy atom.